The minimum absolute atomic E-state index is 0.414. The summed E-state index contributed by atoms with van der Waals surface area (Å²) in [4.78, 5) is 10.0. The van der Waals surface area contributed by atoms with Crippen molar-refractivity contribution >= 4 is 44.9 Å². The molecule has 2 nitrogen and oxygen atoms in total. The summed E-state index contributed by atoms with van der Waals surface area (Å²) >= 11 is 8.89. The second-order valence-corrected chi connectivity index (χ2v) is 6.24. The fourth-order valence-electron chi connectivity index (χ4n) is 1.64. The summed E-state index contributed by atoms with van der Waals surface area (Å²) < 4.78 is 25.9. The van der Waals surface area contributed by atoms with Gasteiger partial charge in [-0.25, -0.2) is 18.7 Å². The summed E-state index contributed by atoms with van der Waals surface area (Å²) in [6.07, 6.45) is 0. The standard InChI is InChI=1S/C13H7ClF2N2S2/c14-12-8-3-4-19-13(8)18-11(17-12)6-20-7-1-2-9(15)10(16)5-7/h1-5H,6H2. The summed E-state index contributed by atoms with van der Waals surface area (Å²) in [5.74, 6) is -0.700. The molecule has 0 aliphatic heterocycles. The zero-order valence-electron chi connectivity index (χ0n) is 9.94. The maximum atomic E-state index is 13.1. The molecule has 0 unspecified atom stereocenters. The molecule has 3 rings (SSSR count). The van der Waals surface area contributed by atoms with Gasteiger partial charge >= 0.3 is 0 Å². The van der Waals surface area contributed by atoms with Crippen molar-refractivity contribution in [3.05, 3.63) is 52.3 Å². The molecule has 2 aromatic heterocycles. The Morgan fingerprint density at radius 1 is 1.15 bits per heavy atom. The number of thiophene rings is 1. The van der Waals surface area contributed by atoms with E-state index in [9.17, 15) is 8.78 Å². The summed E-state index contributed by atoms with van der Waals surface area (Å²) in [5.41, 5.74) is 0. The largest absolute Gasteiger partial charge is 0.221 e. The quantitative estimate of drug-likeness (QED) is 0.504. The normalized spacial score (nSPS) is 11.2. The summed E-state index contributed by atoms with van der Waals surface area (Å²) in [6, 6.07) is 5.65. The second-order valence-electron chi connectivity index (χ2n) is 3.93. The Labute approximate surface area is 126 Å². The molecule has 3 aromatic rings. The molecule has 0 fully saturated rings. The average Bonchev–Trinajstić information content (AvgIpc) is 2.89. The highest BCUT2D eigenvalue weighted by Crippen LogP contribution is 2.28. The molecule has 0 radical (unpaired) electrons. The number of hydrogen-bond acceptors (Lipinski definition) is 4. The molecule has 0 amide bonds. The lowest BCUT2D eigenvalue weighted by Gasteiger charge is -2.03. The molecule has 102 valence electrons. The van der Waals surface area contributed by atoms with Gasteiger partial charge in [-0.1, -0.05) is 11.6 Å². The molecule has 7 heteroatoms. The van der Waals surface area contributed by atoms with Gasteiger partial charge in [0.15, 0.2) is 11.6 Å². The van der Waals surface area contributed by atoms with Crippen LogP contribution in [-0.2, 0) is 5.75 Å². The first-order chi connectivity index (χ1) is 9.63. The Morgan fingerprint density at radius 2 is 2.00 bits per heavy atom. The summed E-state index contributed by atoms with van der Waals surface area (Å²) in [7, 11) is 0. The van der Waals surface area contributed by atoms with Crippen molar-refractivity contribution in [3.63, 3.8) is 0 Å². The minimum atomic E-state index is -0.859. The minimum Gasteiger partial charge on any atom is -0.221 e. The van der Waals surface area contributed by atoms with E-state index in [1.165, 1.54) is 29.2 Å². The average molecular weight is 329 g/mol. The van der Waals surface area contributed by atoms with Crippen molar-refractivity contribution < 1.29 is 8.78 Å². The molecule has 0 aliphatic rings. The molecule has 0 N–H and O–H groups in total. The van der Waals surface area contributed by atoms with Crippen LogP contribution >= 0.6 is 34.7 Å². The molecule has 1 aromatic carbocycles. The third-order valence-corrected chi connectivity index (χ3v) is 4.67. The van der Waals surface area contributed by atoms with E-state index in [-0.39, 0.29) is 0 Å². The van der Waals surface area contributed by atoms with E-state index in [0.29, 0.717) is 21.6 Å². The van der Waals surface area contributed by atoms with E-state index < -0.39 is 11.6 Å². The Bertz CT molecular complexity index is 776. The Kier molecular flexibility index (Phi) is 3.87. The number of halogens is 3. The number of hydrogen-bond donors (Lipinski definition) is 0. The molecule has 0 aliphatic carbocycles. The van der Waals surface area contributed by atoms with Crippen molar-refractivity contribution in [2.24, 2.45) is 0 Å². The van der Waals surface area contributed by atoms with Crippen LogP contribution in [0.15, 0.2) is 34.5 Å². The number of aromatic nitrogens is 2. The number of benzene rings is 1. The van der Waals surface area contributed by atoms with Gasteiger partial charge in [-0.3, -0.25) is 0 Å². The monoisotopic (exact) mass is 328 g/mol. The predicted molar refractivity (Wildman–Crippen MR) is 78.3 cm³/mol. The maximum Gasteiger partial charge on any atom is 0.159 e. The molecule has 0 atom stereocenters. The molecule has 20 heavy (non-hydrogen) atoms. The number of nitrogens with zero attached hydrogens (tertiary/aromatic N) is 2. The lowest BCUT2D eigenvalue weighted by atomic mass is 10.3. The third-order valence-electron chi connectivity index (χ3n) is 2.58. The zero-order chi connectivity index (χ0) is 14.1. The van der Waals surface area contributed by atoms with Crippen LogP contribution < -0.4 is 0 Å². The van der Waals surface area contributed by atoms with Gasteiger partial charge in [-0.15, -0.1) is 23.1 Å². The smallest absolute Gasteiger partial charge is 0.159 e. The highest BCUT2D eigenvalue weighted by atomic mass is 35.5. The van der Waals surface area contributed by atoms with E-state index in [0.717, 1.165) is 22.3 Å². The summed E-state index contributed by atoms with van der Waals surface area (Å²) in [6.45, 7) is 0. The van der Waals surface area contributed by atoms with E-state index in [4.69, 9.17) is 11.6 Å². The molecule has 2 heterocycles. The number of rotatable bonds is 3. The molecule has 0 bridgehead atoms. The van der Waals surface area contributed by atoms with E-state index in [2.05, 4.69) is 9.97 Å². The fraction of sp³-hybridized carbons (Fsp3) is 0.0769. The SMILES string of the molecule is Fc1ccc(SCc2nc(Cl)c3ccsc3n2)cc1F. The lowest BCUT2D eigenvalue weighted by Crippen LogP contribution is -1.93. The van der Waals surface area contributed by atoms with Crippen molar-refractivity contribution in [1.82, 2.24) is 9.97 Å². The van der Waals surface area contributed by atoms with Gasteiger partial charge in [-0.2, -0.15) is 0 Å². The van der Waals surface area contributed by atoms with Crippen LogP contribution in [0.2, 0.25) is 5.15 Å². The Hall–Kier alpha value is -1.24. The molecule has 0 saturated carbocycles. The molecule has 0 saturated heterocycles. The van der Waals surface area contributed by atoms with E-state index in [1.807, 2.05) is 11.4 Å². The number of thioether (sulfide) groups is 1. The van der Waals surface area contributed by atoms with Gasteiger partial charge < -0.3 is 0 Å². The first-order valence-corrected chi connectivity index (χ1v) is 7.85. The van der Waals surface area contributed by atoms with E-state index in [1.54, 1.807) is 0 Å². The lowest BCUT2D eigenvalue weighted by molar-refractivity contribution is 0.506. The van der Waals surface area contributed by atoms with Crippen LogP contribution in [-0.4, -0.2) is 9.97 Å². The van der Waals surface area contributed by atoms with Crippen LogP contribution in [0, 0.1) is 11.6 Å². The van der Waals surface area contributed by atoms with Gasteiger partial charge in [-0.05, 0) is 29.6 Å². The van der Waals surface area contributed by atoms with Crippen LogP contribution in [0.1, 0.15) is 5.82 Å². The topological polar surface area (TPSA) is 25.8 Å². The highest BCUT2D eigenvalue weighted by molar-refractivity contribution is 7.98. The predicted octanol–water partition coefficient (Wildman–Crippen LogP) is 4.92. The van der Waals surface area contributed by atoms with Crippen LogP contribution in [0.5, 0.6) is 0 Å². The molecular weight excluding hydrogens is 322 g/mol. The van der Waals surface area contributed by atoms with Crippen LogP contribution in [0.3, 0.4) is 0 Å². The maximum absolute atomic E-state index is 13.1. The van der Waals surface area contributed by atoms with Crippen molar-refractivity contribution in [2.45, 2.75) is 10.6 Å². The van der Waals surface area contributed by atoms with Gasteiger partial charge in [0.05, 0.1) is 5.75 Å². The third kappa shape index (κ3) is 2.77. The Morgan fingerprint density at radius 3 is 2.80 bits per heavy atom. The van der Waals surface area contributed by atoms with Crippen molar-refractivity contribution in [2.75, 3.05) is 0 Å². The van der Waals surface area contributed by atoms with Crippen molar-refractivity contribution in [3.8, 4) is 0 Å². The van der Waals surface area contributed by atoms with Crippen molar-refractivity contribution in [1.29, 1.82) is 0 Å². The van der Waals surface area contributed by atoms with Gasteiger partial charge in [0, 0.05) is 10.3 Å². The van der Waals surface area contributed by atoms with Gasteiger partial charge in [0.25, 0.3) is 0 Å². The molecular formula is C13H7ClF2N2S2. The zero-order valence-corrected chi connectivity index (χ0v) is 12.3. The highest BCUT2D eigenvalue weighted by Gasteiger charge is 2.08. The second kappa shape index (κ2) is 5.63. The summed E-state index contributed by atoms with van der Waals surface area (Å²) in [5, 5.41) is 3.15. The first kappa shape index (κ1) is 13.7. The number of fused-ring (bicyclic) bond motifs is 1. The Balaban J connectivity index is 1.80. The van der Waals surface area contributed by atoms with Gasteiger partial charge in [0.2, 0.25) is 0 Å². The van der Waals surface area contributed by atoms with Crippen LogP contribution in [0.4, 0.5) is 8.78 Å². The molecule has 0 spiro atoms. The van der Waals surface area contributed by atoms with Crippen LogP contribution in [0.25, 0.3) is 10.2 Å². The first-order valence-electron chi connectivity index (χ1n) is 5.61. The van der Waals surface area contributed by atoms with Gasteiger partial charge in [0.1, 0.15) is 15.8 Å². The van der Waals surface area contributed by atoms with E-state index >= 15 is 0 Å². The fourth-order valence-corrected chi connectivity index (χ4v) is 3.50.